The first kappa shape index (κ1) is 22.7. The summed E-state index contributed by atoms with van der Waals surface area (Å²) in [5.41, 5.74) is 2.28. The highest BCUT2D eigenvalue weighted by atomic mass is 79.9. The summed E-state index contributed by atoms with van der Waals surface area (Å²) in [4.78, 5) is 43.0. The van der Waals surface area contributed by atoms with E-state index in [4.69, 9.17) is 0 Å². The van der Waals surface area contributed by atoms with Crippen molar-refractivity contribution in [3.63, 3.8) is 0 Å². The lowest BCUT2D eigenvalue weighted by Gasteiger charge is -2.29. The second-order valence-electron chi connectivity index (χ2n) is 10.1. The molecule has 1 saturated heterocycles. The van der Waals surface area contributed by atoms with Gasteiger partial charge < -0.3 is 4.90 Å². The smallest absolute Gasteiger partial charge is 0.257 e. The fourth-order valence-corrected chi connectivity index (χ4v) is 5.20. The lowest BCUT2D eigenvalue weighted by molar-refractivity contribution is -0.141. The fraction of sp³-hybridized carbons (Fsp3) is 0.423. The van der Waals surface area contributed by atoms with Gasteiger partial charge in [0.15, 0.2) is 0 Å². The third-order valence-electron chi connectivity index (χ3n) is 7.61. The molecule has 0 aromatic heterocycles. The quantitative estimate of drug-likeness (QED) is 0.541. The van der Waals surface area contributed by atoms with Gasteiger partial charge in [0.1, 0.15) is 6.04 Å². The van der Waals surface area contributed by atoms with Crippen LogP contribution in [0.25, 0.3) is 0 Å². The largest absolute Gasteiger partial charge is 0.325 e. The fourth-order valence-electron chi connectivity index (χ4n) is 4.93. The van der Waals surface area contributed by atoms with E-state index < -0.39 is 6.04 Å². The SMILES string of the molecule is Cc1ccc(CN(C(=O)C2C(C)(C)C2(C)C)C2CC(=O)N(c3ccc(Br)cc3)C2=O)cc1. The van der Waals surface area contributed by atoms with Crippen molar-refractivity contribution in [3.8, 4) is 0 Å². The summed E-state index contributed by atoms with van der Waals surface area (Å²) in [5.74, 6) is -0.859. The zero-order valence-electron chi connectivity index (χ0n) is 19.2. The summed E-state index contributed by atoms with van der Waals surface area (Å²) in [5, 5.41) is 0. The molecule has 2 fully saturated rings. The Hall–Kier alpha value is -2.47. The average Bonchev–Trinajstić information content (AvgIpc) is 2.96. The van der Waals surface area contributed by atoms with Gasteiger partial charge in [-0.05, 0) is 47.6 Å². The van der Waals surface area contributed by atoms with Crippen molar-refractivity contribution in [1.29, 1.82) is 0 Å². The number of carbonyl (C=O) groups excluding carboxylic acids is 3. The molecule has 0 bridgehead atoms. The van der Waals surface area contributed by atoms with Gasteiger partial charge >= 0.3 is 0 Å². The summed E-state index contributed by atoms with van der Waals surface area (Å²) in [6, 6.07) is 14.2. The molecule has 2 aromatic carbocycles. The minimum absolute atomic E-state index is 0.0000752. The van der Waals surface area contributed by atoms with E-state index in [9.17, 15) is 14.4 Å². The summed E-state index contributed by atoms with van der Waals surface area (Å²) in [6.07, 6.45) is 0.0000752. The Morgan fingerprint density at radius 1 is 1.00 bits per heavy atom. The number of benzene rings is 2. The monoisotopic (exact) mass is 496 g/mol. The van der Waals surface area contributed by atoms with Crippen LogP contribution in [-0.4, -0.2) is 28.7 Å². The number of nitrogens with zero attached hydrogens (tertiary/aromatic N) is 2. The second-order valence-corrected chi connectivity index (χ2v) is 11.0. The Kier molecular flexibility index (Phi) is 5.56. The van der Waals surface area contributed by atoms with Crippen LogP contribution in [-0.2, 0) is 20.9 Å². The number of hydrogen-bond donors (Lipinski definition) is 0. The molecule has 4 rings (SSSR count). The van der Waals surface area contributed by atoms with Crippen LogP contribution in [0.15, 0.2) is 53.0 Å². The lowest BCUT2D eigenvalue weighted by Crippen LogP contribution is -2.46. The molecule has 1 heterocycles. The van der Waals surface area contributed by atoms with Gasteiger partial charge in [-0.15, -0.1) is 0 Å². The molecule has 1 atom stereocenters. The van der Waals surface area contributed by atoms with Crippen LogP contribution >= 0.6 is 15.9 Å². The van der Waals surface area contributed by atoms with Crippen LogP contribution in [0.3, 0.4) is 0 Å². The first-order valence-corrected chi connectivity index (χ1v) is 11.7. The molecule has 1 unspecified atom stereocenters. The first-order valence-electron chi connectivity index (χ1n) is 10.9. The van der Waals surface area contributed by atoms with E-state index in [0.29, 0.717) is 12.2 Å². The normalized spacial score (nSPS) is 21.7. The van der Waals surface area contributed by atoms with Gasteiger partial charge in [0.25, 0.3) is 5.91 Å². The number of aryl methyl sites for hydroxylation is 1. The third-order valence-corrected chi connectivity index (χ3v) is 8.14. The van der Waals surface area contributed by atoms with Crippen LogP contribution in [0.5, 0.6) is 0 Å². The van der Waals surface area contributed by atoms with E-state index in [2.05, 4.69) is 43.6 Å². The predicted molar refractivity (Wildman–Crippen MR) is 128 cm³/mol. The number of hydrogen-bond acceptors (Lipinski definition) is 3. The van der Waals surface area contributed by atoms with Gasteiger partial charge in [-0.25, -0.2) is 4.90 Å². The van der Waals surface area contributed by atoms with Crippen LogP contribution in [0.2, 0.25) is 0 Å². The maximum Gasteiger partial charge on any atom is 0.257 e. The van der Waals surface area contributed by atoms with Crippen molar-refractivity contribution < 1.29 is 14.4 Å². The van der Waals surface area contributed by atoms with E-state index in [1.54, 1.807) is 29.2 Å². The highest BCUT2D eigenvalue weighted by molar-refractivity contribution is 9.10. The number of rotatable bonds is 5. The van der Waals surface area contributed by atoms with E-state index >= 15 is 0 Å². The maximum absolute atomic E-state index is 13.8. The highest BCUT2D eigenvalue weighted by Gasteiger charge is 2.69. The van der Waals surface area contributed by atoms with E-state index in [0.717, 1.165) is 15.6 Å². The number of carbonyl (C=O) groups is 3. The van der Waals surface area contributed by atoms with Crippen molar-refractivity contribution in [2.75, 3.05) is 4.90 Å². The van der Waals surface area contributed by atoms with Crippen molar-refractivity contribution in [1.82, 2.24) is 4.90 Å². The molecule has 0 N–H and O–H groups in total. The number of imide groups is 1. The molecule has 1 aliphatic heterocycles. The Morgan fingerprint density at radius 3 is 2.09 bits per heavy atom. The molecule has 1 aliphatic carbocycles. The Balaban J connectivity index is 1.67. The standard InChI is InChI=1S/C26H29BrN2O3/c1-16-6-8-17(9-7-16)15-28(24(32)22-25(2,3)26(22,4)5)20-14-21(30)29(23(20)31)19-12-10-18(27)11-13-19/h6-13,20,22H,14-15H2,1-5H3. The molecule has 2 aliphatic rings. The molecule has 0 spiro atoms. The molecule has 2 aromatic rings. The van der Waals surface area contributed by atoms with Gasteiger partial charge in [-0.2, -0.15) is 0 Å². The van der Waals surface area contributed by atoms with Crippen molar-refractivity contribution in [3.05, 3.63) is 64.1 Å². The first-order chi connectivity index (χ1) is 14.9. The highest BCUT2D eigenvalue weighted by Crippen LogP contribution is 2.69. The molecular formula is C26H29BrN2O3. The molecule has 1 saturated carbocycles. The number of amides is 3. The van der Waals surface area contributed by atoms with Crippen molar-refractivity contribution >= 4 is 39.3 Å². The van der Waals surface area contributed by atoms with Crippen molar-refractivity contribution in [2.24, 2.45) is 16.7 Å². The Labute approximate surface area is 197 Å². The lowest BCUT2D eigenvalue weighted by atomic mass is 10.0. The Bertz CT molecular complexity index is 1060. The number of halogens is 1. The average molecular weight is 497 g/mol. The second kappa shape index (κ2) is 7.84. The van der Waals surface area contributed by atoms with Crippen LogP contribution in [0, 0.1) is 23.7 Å². The van der Waals surface area contributed by atoms with E-state index in [-0.39, 0.29) is 40.9 Å². The van der Waals surface area contributed by atoms with Crippen LogP contribution < -0.4 is 4.90 Å². The van der Waals surface area contributed by atoms with Gasteiger partial charge in [0, 0.05) is 16.9 Å². The van der Waals surface area contributed by atoms with E-state index in [1.807, 2.05) is 31.2 Å². The van der Waals surface area contributed by atoms with E-state index in [1.165, 1.54) is 4.90 Å². The van der Waals surface area contributed by atoms with Crippen LogP contribution in [0.1, 0.15) is 45.2 Å². The molecular weight excluding hydrogens is 468 g/mol. The van der Waals surface area contributed by atoms with Gasteiger partial charge in [-0.1, -0.05) is 73.5 Å². The summed E-state index contributed by atoms with van der Waals surface area (Å²) < 4.78 is 0.867. The molecule has 0 radical (unpaired) electrons. The Morgan fingerprint density at radius 2 is 1.56 bits per heavy atom. The topological polar surface area (TPSA) is 57.7 Å². The molecule has 32 heavy (non-hydrogen) atoms. The molecule has 5 nitrogen and oxygen atoms in total. The summed E-state index contributed by atoms with van der Waals surface area (Å²) in [6.45, 7) is 10.7. The number of anilines is 1. The van der Waals surface area contributed by atoms with Crippen molar-refractivity contribution in [2.45, 2.75) is 53.6 Å². The molecule has 6 heteroatoms. The predicted octanol–water partition coefficient (Wildman–Crippen LogP) is 5.10. The molecule has 3 amide bonds. The summed E-state index contributed by atoms with van der Waals surface area (Å²) >= 11 is 3.38. The minimum atomic E-state index is -0.799. The zero-order valence-corrected chi connectivity index (χ0v) is 20.8. The van der Waals surface area contributed by atoms with Gasteiger partial charge in [-0.3, -0.25) is 14.4 Å². The maximum atomic E-state index is 13.8. The summed E-state index contributed by atoms with van der Waals surface area (Å²) in [7, 11) is 0. The van der Waals surface area contributed by atoms with Gasteiger partial charge in [0.2, 0.25) is 11.8 Å². The zero-order chi connectivity index (χ0) is 23.4. The molecule has 168 valence electrons. The van der Waals surface area contributed by atoms with Gasteiger partial charge in [0.05, 0.1) is 12.1 Å². The minimum Gasteiger partial charge on any atom is -0.325 e. The van der Waals surface area contributed by atoms with Crippen LogP contribution in [0.4, 0.5) is 5.69 Å². The third kappa shape index (κ3) is 3.68.